The Bertz CT molecular complexity index is 236. The van der Waals surface area contributed by atoms with Crippen molar-refractivity contribution in [2.45, 2.75) is 60.8 Å². The fourth-order valence-corrected chi connectivity index (χ4v) is 3.41. The second kappa shape index (κ2) is 4.55. The Labute approximate surface area is 103 Å². The van der Waals surface area contributed by atoms with Crippen molar-refractivity contribution in [3.8, 4) is 0 Å². The van der Waals surface area contributed by atoms with Crippen LogP contribution >= 0.6 is 0 Å². The maximum Gasteiger partial charge on any atom is -0.0233 e. The van der Waals surface area contributed by atoms with Crippen molar-refractivity contribution < 1.29 is 0 Å². The predicted octanol–water partition coefficient (Wildman–Crippen LogP) is 5.30. The molecule has 0 heteroatoms. The molecule has 0 N–H and O–H groups in total. The van der Waals surface area contributed by atoms with Crippen molar-refractivity contribution in [3.05, 3.63) is 12.7 Å². The average molecular weight is 222 g/mol. The molecule has 0 heterocycles. The fraction of sp³-hybridized carbons (Fsp3) is 0.875. The molecule has 94 valence electrons. The summed E-state index contributed by atoms with van der Waals surface area (Å²) in [5, 5.41) is 0. The average Bonchev–Trinajstić information content (AvgIpc) is 2.14. The van der Waals surface area contributed by atoms with Crippen LogP contribution in [0.1, 0.15) is 60.8 Å². The zero-order chi connectivity index (χ0) is 12.6. The Kier molecular flexibility index (Phi) is 3.92. The van der Waals surface area contributed by atoms with Crippen molar-refractivity contribution in [1.29, 1.82) is 0 Å². The molecule has 0 amide bonds. The largest absolute Gasteiger partial charge is 0.103 e. The van der Waals surface area contributed by atoms with Crippen molar-refractivity contribution in [2.24, 2.45) is 28.6 Å². The van der Waals surface area contributed by atoms with E-state index in [2.05, 4.69) is 54.2 Å². The Morgan fingerprint density at radius 2 is 1.38 bits per heavy atom. The molecule has 0 saturated heterocycles. The van der Waals surface area contributed by atoms with E-state index in [-0.39, 0.29) is 0 Å². The van der Waals surface area contributed by atoms with E-state index in [0.29, 0.717) is 10.8 Å². The lowest BCUT2D eigenvalue weighted by atomic mass is 9.57. The monoisotopic (exact) mass is 222 g/mol. The predicted molar refractivity (Wildman–Crippen MR) is 73.4 cm³/mol. The first-order valence-electron chi connectivity index (χ1n) is 6.79. The normalized spacial score (nSPS) is 32.5. The van der Waals surface area contributed by atoms with Crippen molar-refractivity contribution >= 4 is 0 Å². The second-order valence-corrected chi connectivity index (χ2v) is 7.75. The summed E-state index contributed by atoms with van der Waals surface area (Å²) in [5.41, 5.74) is 0.879. The van der Waals surface area contributed by atoms with Gasteiger partial charge < -0.3 is 0 Å². The topological polar surface area (TPSA) is 0 Å². The van der Waals surface area contributed by atoms with E-state index in [0.717, 1.165) is 17.8 Å². The number of rotatable bonds is 1. The van der Waals surface area contributed by atoms with Gasteiger partial charge in [0.1, 0.15) is 0 Å². The van der Waals surface area contributed by atoms with Gasteiger partial charge in [0.2, 0.25) is 0 Å². The van der Waals surface area contributed by atoms with Gasteiger partial charge in [-0.1, -0.05) is 47.6 Å². The number of allylic oxidation sites excluding steroid dienone is 1. The van der Waals surface area contributed by atoms with Gasteiger partial charge in [-0.15, -0.1) is 6.58 Å². The van der Waals surface area contributed by atoms with Gasteiger partial charge in [0.25, 0.3) is 0 Å². The third-order valence-corrected chi connectivity index (χ3v) is 4.45. The maximum atomic E-state index is 3.99. The molecule has 3 atom stereocenters. The summed E-state index contributed by atoms with van der Waals surface area (Å²) in [6.07, 6.45) is 6.24. The summed E-state index contributed by atoms with van der Waals surface area (Å²) < 4.78 is 0. The standard InChI is InChI=1S/C16H30/c1-8-12-9-10-13(15(2,3)4)14(11-12)16(5,6)7/h8,12-14H,1,9-11H2,2-7H3. The van der Waals surface area contributed by atoms with Crippen LogP contribution in [0.3, 0.4) is 0 Å². The highest BCUT2D eigenvalue weighted by Gasteiger charge is 2.41. The first-order chi connectivity index (χ1) is 7.16. The van der Waals surface area contributed by atoms with E-state index in [4.69, 9.17) is 0 Å². The molecule has 1 aliphatic rings. The molecular weight excluding hydrogens is 192 g/mol. The van der Waals surface area contributed by atoms with Gasteiger partial charge in [-0.2, -0.15) is 0 Å². The Morgan fingerprint density at radius 1 is 0.875 bits per heavy atom. The van der Waals surface area contributed by atoms with E-state index < -0.39 is 0 Å². The first kappa shape index (κ1) is 13.8. The summed E-state index contributed by atoms with van der Waals surface area (Å²) in [4.78, 5) is 0. The maximum absolute atomic E-state index is 3.99. The van der Waals surface area contributed by atoms with Gasteiger partial charge in [0, 0.05) is 0 Å². The van der Waals surface area contributed by atoms with Gasteiger partial charge in [-0.3, -0.25) is 0 Å². The summed E-state index contributed by atoms with van der Waals surface area (Å²) in [5.74, 6) is 2.45. The first-order valence-corrected chi connectivity index (χ1v) is 6.79. The Morgan fingerprint density at radius 3 is 1.75 bits per heavy atom. The van der Waals surface area contributed by atoms with E-state index in [1.807, 2.05) is 0 Å². The number of hydrogen-bond donors (Lipinski definition) is 0. The smallest absolute Gasteiger partial charge is 0.0233 e. The quantitative estimate of drug-likeness (QED) is 0.528. The highest BCUT2D eigenvalue weighted by molar-refractivity contribution is 4.95. The minimum absolute atomic E-state index is 0.430. The van der Waals surface area contributed by atoms with Gasteiger partial charge in [0.15, 0.2) is 0 Å². The van der Waals surface area contributed by atoms with Gasteiger partial charge >= 0.3 is 0 Å². The Balaban J connectivity index is 2.89. The lowest BCUT2D eigenvalue weighted by molar-refractivity contribution is 0.0202. The van der Waals surface area contributed by atoms with Gasteiger partial charge in [0.05, 0.1) is 0 Å². The molecule has 16 heavy (non-hydrogen) atoms. The molecule has 1 saturated carbocycles. The minimum atomic E-state index is 0.430. The van der Waals surface area contributed by atoms with Crippen molar-refractivity contribution in [1.82, 2.24) is 0 Å². The van der Waals surface area contributed by atoms with E-state index in [9.17, 15) is 0 Å². The molecule has 0 spiro atoms. The van der Waals surface area contributed by atoms with Crippen LogP contribution in [0.25, 0.3) is 0 Å². The van der Waals surface area contributed by atoms with Crippen LogP contribution < -0.4 is 0 Å². The van der Waals surface area contributed by atoms with Gasteiger partial charge in [-0.05, 0) is 47.8 Å². The van der Waals surface area contributed by atoms with E-state index in [1.54, 1.807) is 0 Å². The molecule has 0 radical (unpaired) electrons. The lowest BCUT2D eigenvalue weighted by Gasteiger charge is -2.48. The molecular formula is C16H30. The Hall–Kier alpha value is -0.260. The molecule has 0 aromatic carbocycles. The highest BCUT2D eigenvalue weighted by atomic mass is 14.5. The molecule has 0 bridgehead atoms. The van der Waals surface area contributed by atoms with Crippen LogP contribution in [-0.4, -0.2) is 0 Å². The number of hydrogen-bond acceptors (Lipinski definition) is 0. The summed E-state index contributed by atoms with van der Waals surface area (Å²) >= 11 is 0. The van der Waals surface area contributed by atoms with Crippen LogP contribution in [0.2, 0.25) is 0 Å². The highest BCUT2D eigenvalue weighted by Crippen LogP contribution is 2.50. The summed E-state index contributed by atoms with van der Waals surface area (Å²) in [7, 11) is 0. The zero-order valence-electron chi connectivity index (χ0n) is 12.1. The molecule has 0 aliphatic heterocycles. The zero-order valence-corrected chi connectivity index (χ0v) is 12.1. The molecule has 0 aromatic heterocycles. The van der Waals surface area contributed by atoms with Crippen LogP contribution in [0.4, 0.5) is 0 Å². The van der Waals surface area contributed by atoms with Crippen LogP contribution in [0, 0.1) is 28.6 Å². The minimum Gasteiger partial charge on any atom is -0.103 e. The van der Waals surface area contributed by atoms with E-state index in [1.165, 1.54) is 19.3 Å². The van der Waals surface area contributed by atoms with Crippen LogP contribution in [-0.2, 0) is 0 Å². The molecule has 0 nitrogen and oxygen atoms in total. The van der Waals surface area contributed by atoms with Crippen molar-refractivity contribution in [2.75, 3.05) is 0 Å². The third-order valence-electron chi connectivity index (χ3n) is 4.45. The van der Waals surface area contributed by atoms with E-state index >= 15 is 0 Å². The van der Waals surface area contributed by atoms with Crippen LogP contribution in [0.5, 0.6) is 0 Å². The molecule has 1 fully saturated rings. The SMILES string of the molecule is C=CC1CCC(C(C)(C)C)C(C(C)(C)C)C1. The molecule has 0 aromatic rings. The third kappa shape index (κ3) is 3.12. The molecule has 1 aliphatic carbocycles. The van der Waals surface area contributed by atoms with Gasteiger partial charge in [-0.25, -0.2) is 0 Å². The summed E-state index contributed by atoms with van der Waals surface area (Å²) in [6.45, 7) is 18.4. The lowest BCUT2D eigenvalue weighted by Crippen LogP contribution is -2.40. The summed E-state index contributed by atoms with van der Waals surface area (Å²) in [6, 6.07) is 0. The molecule has 3 unspecified atom stereocenters. The fourth-order valence-electron chi connectivity index (χ4n) is 3.41. The van der Waals surface area contributed by atoms with Crippen LogP contribution in [0.15, 0.2) is 12.7 Å². The van der Waals surface area contributed by atoms with Crippen molar-refractivity contribution in [3.63, 3.8) is 0 Å². The molecule has 1 rings (SSSR count). The second-order valence-electron chi connectivity index (χ2n) is 7.75.